The van der Waals surface area contributed by atoms with Crippen LogP contribution in [-0.2, 0) is 9.47 Å². The molecule has 0 saturated carbocycles. The zero-order valence-corrected chi connectivity index (χ0v) is 14.3. The van der Waals surface area contributed by atoms with E-state index in [4.69, 9.17) is 9.47 Å². The quantitative estimate of drug-likeness (QED) is 0.386. The highest BCUT2D eigenvalue weighted by atomic mass is 127. The molecule has 1 unspecified atom stereocenters. The van der Waals surface area contributed by atoms with Gasteiger partial charge in [-0.3, -0.25) is 0 Å². The molecule has 1 aliphatic rings. The summed E-state index contributed by atoms with van der Waals surface area (Å²) < 4.78 is 11.7. The van der Waals surface area contributed by atoms with E-state index in [0.717, 1.165) is 12.8 Å². The molecular weight excluding hydrogens is 351 g/mol. The Morgan fingerprint density at radius 2 is 2.00 bits per heavy atom. The second-order valence-electron chi connectivity index (χ2n) is 5.01. The molecule has 0 fully saturated rings. The molecule has 3 atom stereocenters. The maximum absolute atomic E-state index is 5.62. The van der Waals surface area contributed by atoms with Gasteiger partial charge < -0.3 is 9.47 Å². The Bertz CT molecular complexity index is 334. The van der Waals surface area contributed by atoms with E-state index in [1.165, 1.54) is 5.57 Å². The van der Waals surface area contributed by atoms with Gasteiger partial charge >= 0.3 is 0 Å². The number of alkyl halides is 1. The summed E-state index contributed by atoms with van der Waals surface area (Å²) in [5.41, 5.74) is 1.29. The smallest absolute Gasteiger partial charge is 0.0875 e. The first kappa shape index (κ1) is 16.9. The maximum Gasteiger partial charge on any atom is 0.0875 e. The fourth-order valence-corrected chi connectivity index (χ4v) is 2.84. The number of ether oxygens (including phenoxy) is 2. The lowest BCUT2D eigenvalue weighted by Crippen LogP contribution is -2.26. The molecule has 2 nitrogen and oxygen atoms in total. The third-order valence-corrected chi connectivity index (χ3v) is 5.02. The van der Waals surface area contributed by atoms with Crippen molar-refractivity contribution >= 4 is 22.6 Å². The molecule has 0 aromatic rings. The van der Waals surface area contributed by atoms with Crippen LogP contribution < -0.4 is 0 Å². The SMILES string of the molecule is CO[C@H]1/C=C/CC/C=C/COC/C(C)=C\[C@@H](C)C1I. The number of hydrogen-bond acceptors (Lipinski definition) is 2. The predicted molar refractivity (Wildman–Crippen MR) is 89.9 cm³/mol. The molecule has 0 aromatic heterocycles. The molecule has 0 N–H and O–H groups in total. The first-order valence-electron chi connectivity index (χ1n) is 6.88. The minimum atomic E-state index is 0.174. The minimum absolute atomic E-state index is 0.174. The summed E-state index contributed by atoms with van der Waals surface area (Å²) in [7, 11) is 1.79. The molecule has 0 aromatic carbocycles. The molecule has 0 spiro atoms. The molecular formula is C16H25IO2. The van der Waals surface area contributed by atoms with Crippen LogP contribution in [0, 0.1) is 5.92 Å². The van der Waals surface area contributed by atoms with Gasteiger partial charge in [0.2, 0.25) is 0 Å². The second kappa shape index (κ2) is 9.72. The molecule has 1 aliphatic heterocycles. The van der Waals surface area contributed by atoms with Crippen LogP contribution in [0.5, 0.6) is 0 Å². The van der Waals surface area contributed by atoms with Crippen LogP contribution in [-0.4, -0.2) is 30.4 Å². The highest BCUT2D eigenvalue weighted by Gasteiger charge is 2.20. The number of hydrogen-bond donors (Lipinski definition) is 0. The van der Waals surface area contributed by atoms with Crippen molar-refractivity contribution in [3.8, 4) is 0 Å². The van der Waals surface area contributed by atoms with Crippen LogP contribution in [0.2, 0.25) is 0 Å². The van der Waals surface area contributed by atoms with Gasteiger partial charge in [0.1, 0.15) is 0 Å². The number of allylic oxidation sites excluding steroid dienone is 3. The van der Waals surface area contributed by atoms with Gasteiger partial charge in [-0.1, -0.05) is 65.5 Å². The molecule has 19 heavy (non-hydrogen) atoms. The van der Waals surface area contributed by atoms with Crippen molar-refractivity contribution in [3.05, 3.63) is 36.0 Å². The third kappa shape index (κ3) is 6.72. The van der Waals surface area contributed by atoms with Crippen LogP contribution in [0.1, 0.15) is 26.7 Å². The van der Waals surface area contributed by atoms with E-state index in [1.807, 2.05) is 0 Å². The van der Waals surface area contributed by atoms with Crippen LogP contribution >= 0.6 is 22.6 Å². The Balaban J connectivity index is 2.77. The summed E-state index contributed by atoms with van der Waals surface area (Å²) >= 11 is 2.49. The second-order valence-corrected chi connectivity index (χ2v) is 6.45. The molecule has 1 heterocycles. The van der Waals surface area contributed by atoms with E-state index >= 15 is 0 Å². The van der Waals surface area contributed by atoms with Crippen molar-refractivity contribution in [3.63, 3.8) is 0 Å². The van der Waals surface area contributed by atoms with Crippen molar-refractivity contribution < 1.29 is 9.47 Å². The van der Waals surface area contributed by atoms with Crippen LogP contribution in [0.15, 0.2) is 36.0 Å². The third-order valence-electron chi connectivity index (χ3n) is 3.17. The Hall–Kier alpha value is -0.130. The summed E-state index contributed by atoms with van der Waals surface area (Å²) in [6, 6.07) is 0. The van der Waals surface area contributed by atoms with Gasteiger partial charge in [-0.2, -0.15) is 0 Å². The van der Waals surface area contributed by atoms with Gasteiger partial charge in [0.25, 0.3) is 0 Å². The van der Waals surface area contributed by atoms with Gasteiger partial charge in [0, 0.05) is 11.0 Å². The molecule has 3 heteroatoms. The Kier molecular flexibility index (Phi) is 8.66. The van der Waals surface area contributed by atoms with Crippen LogP contribution in [0.4, 0.5) is 0 Å². The average molecular weight is 376 g/mol. The number of halogens is 1. The number of methoxy groups -OCH3 is 1. The topological polar surface area (TPSA) is 18.5 Å². The molecule has 108 valence electrons. The van der Waals surface area contributed by atoms with E-state index < -0.39 is 0 Å². The number of rotatable bonds is 1. The van der Waals surface area contributed by atoms with Crippen LogP contribution in [0.25, 0.3) is 0 Å². The van der Waals surface area contributed by atoms with E-state index in [-0.39, 0.29) is 6.10 Å². The van der Waals surface area contributed by atoms with E-state index in [0.29, 0.717) is 23.1 Å². The minimum Gasteiger partial charge on any atom is -0.376 e. The highest BCUT2D eigenvalue weighted by Crippen LogP contribution is 2.23. The lowest BCUT2D eigenvalue weighted by Gasteiger charge is -2.23. The summed E-state index contributed by atoms with van der Waals surface area (Å²) in [4.78, 5) is 0. The Morgan fingerprint density at radius 1 is 1.26 bits per heavy atom. The van der Waals surface area contributed by atoms with Gasteiger partial charge in [-0.25, -0.2) is 0 Å². The zero-order valence-electron chi connectivity index (χ0n) is 12.1. The van der Waals surface area contributed by atoms with Crippen molar-refractivity contribution in [1.82, 2.24) is 0 Å². The summed E-state index contributed by atoms with van der Waals surface area (Å²) in [5, 5.41) is 0. The molecule has 1 rings (SSSR count). The van der Waals surface area contributed by atoms with Gasteiger partial charge in [-0.15, -0.1) is 0 Å². The van der Waals surface area contributed by atoms with Crippen molar-refractivity contribution in [2.75, 3.05) is 20.3 Å². The predicted octanol–water partition coefficient (Wildman–Crippen LogP) is 4.31. The molecule has 0 amide bonds. The van der Waals surface area contributed by atoms with Crippen molar-refractivity contribution in [1.29, 1.82) is 0 Å². The fraction of sp³-hybridized carbons (Fsp3) is 0.625. The van der Waals surface area contributed by atoms with Crippen LogP contribution in [0.3, 0.4) is 0 Å². The summed E-state index contributed by atoms with van der Waals surface area (Å²) in [6.45, 7) is 5.79. The van der Waals surface area contributed by atoms with E-state index in [1.54, 1.807) is 7.11 Å². The average Bonchev–Trinajstić information content (AvgIpc) is 2.39. The fourth-order valence-electron chi connectivity index (χ4n) is 2.10. The lowest BCUT2D eigenvalue weighted by molar-refractivity contribution is 0.134. The largest absolute Gasteiger partial charge is 0.376 e. The van der Waals surface area contributed by atoms with Gasteiger partial charge in [0.15, 0.2) is 0 Å². The first-order chi connectivity index (χ1) is 9.15. The molecule has 0 aliphatic carbocycles. The van der Waals surface area contributed by atoms with Gasteiger partial charge in [-0.05, 0) is 25.7 Å². The Morgan fingerprint density at radius 3 is 2.74 bits per heavy atom. The van der Waals surface area contributed by atoms with Crippen molar-refractivity contribution in [2.45, 2.75) is 36.7 Å². The Labute approximate surface area is 131 Å². The highest BCUT2D eigenvalue weighted by molar-refractivity contribution is 14.1. The standard InChI is InChI=1S/C16H25IO2/c1-13-11-14(2)16(17)15(18-3)9-7-5-4-6-8-10-19-12-13/h6-9,11,14-16H,4-5,10,12H2,1-3H3/b8-6+,9-7+,13-11-/t14-,15+,16?/m1/s1. The maximum atomic E-state index is 5.62. The van der Waals surface area contributed by atoms with Gasteiger partial charge in [0.05, 0.1) is 19.3 Å². The molecule has 0 radical (unpaired) electrons. The summed E-state index contributed by atoms with van der Waals surface area (Å²) in [6.07, 6.45) is 13.3. The first-order valence-corrected chi connectivity index (χ1v) is 8.13. The normalized spacial score (nSPS) is 36.8. The van der Waals surface area contributed by atoms with E-state index in [9.17, 15) is 0 Å². The van der Waals surface area contributed by atoms with E-state index in [2.05, 4.69) is 66.8 Å². The molecule has 0 bridgehead atoms. The zero-order chi connectivity index (χ0) is 14.1. The van der Waals surface area contributed by atoms with Crippen molar-refractivity contribution in [2.24, 2.45) is 5.92 Å². The monoisotopic (exact) mass is 376 g/mol. The lowest BCUT2D eigenvalue weighted by atomic mass is 10.00. The molecule has 0 saturated heterocycles. The summed E-state index contributed by atoms with van der Waals surface area (Å²) in [5.74, 6) is 0.470.